The van der Waals surface area contributed by atoms with Crippen LogP contribution in [-0.4, -0.2) is 48.1 Å². The summed E-state index contributed by atoms with van der Waals surface area (Å²) in [6, 6.07) is 11.7. The second-order valence-corrected chi connectivity index (χ2v) is 6.08. The quantitative estimate of drug-likeness (QED) is 0.896. The Hall–Kier alpha value is -0.900. The number of piperazine rings is 1. The molecule has 1 heterocycles. The number of rotatable bonds is 5. The van der Waals surface area contributed by atoms with E-state index in [0.29, 0.717) is 12.1 Å². The molecule has 0 saturated carbocycles. The van der Waals surface area contributed by atoms with E-state index in [1.807, 2.05) is 0 Å². The average Bonchev–Trinajstić information content (AvgIpc) is 2.49. The fraction of sp³-hybridized carbons (Fsp3) is 0.647. The molecule has 0 spiro atoms. The Kier molecular flexibility index (Phi) is 5.58. The molecule has 1 aromatic rings. The second kappa shape index (κ2) is 7.21. The van der Waals surface area contributed by atoms with Gasteiger partial charge >= 0.3 is 0 Å². The minimum atomic E-state index is 0.117. The Morgan fingerprint density at radius 2 is 1.55 bits per heavy atom. The Bertz CT molecular complexity index is 382. The van der Waals surface area contributed by atoms with Crippen molar-refractivity contribution in [2.75, 3.05) is 26.2 Å². The van der Waals surface area contributed by atoms with E-state index in [9.17, 15) is 0 Å². The maximum Gasteiger partial charge on any atom is 0.0453 e. The van der Waals surface area contributed by atoms with Gasteiger partial charge in [0.25, 0.3) is 0 Å². The third-order valence-corrected chi connectivity index (χ3v) is 4.57. The molecule has 1 saturated heterocycles. The van der Waals surface area contributed by atoms with Crippen LogP contribution in [0.15, 0.2) is 30.3 Å². The summed E-state index contributed by atoms with van der Waals surface area (Å²) in [5.41, 5.74) is 7.78. The van der Waals surface area contributed by atoms with Gasteiger partial charge in [-0.3, -0.25) is 9.80 Å². The van der Waals surface area contributed by atoms with Crippen LogP contribution in [0, 0.1) is 0 Å². The van der Waals surface area contributed by atoms with E-state index in [0.717, 1.165) is 32.6 Å². The van der Waals surface area contributed by atoms with Gasteiger partial charge in [-0.05, 0) is 25.8 Å². The molecule has 0 radical (unpaired) electrons. The van der Waals surface area contributed by atoms with E-state index in [-0.39, 0.29) is 6.04 Å². The number of nitrogens with two attached hydrogens (primary N) is 1. The molecule has 2 N–H and O–H groups in total. The van der Waals surface area contributed by atoms with Gasteiger partial charge in [0, 0.05) is 44.3 Å². The van der Waals surface area contributed by atoms with Crippen molar-refractivity contribution in [3.05, 3.63) is 35.9 Å². The minimum absolute atomic E-state index is 0.117. The topological polar surface area (TPSA) is 32.5 Å². The van der Waals surface area contributed by atoms with Crippen LogP contribution in [0.2, 0.25) is 0 Å². The molecule has 112 valence electrons. The zero-order chi connectivity index (χ0) is 14.5. The van der Waals surface area contributed by atoms with E-state index < -0.39 is 0 Å². The van der Waals surface area contributed by atoms with Crippen LogP contribution in [0.4, 0.5) is 0 Å². The lowest BCUT2D eigenvalue weighted by atomic mass is 9.96. The van der Waals surface area contributed by atoms with Crippen LogP contribution in [0.1, 0.15) is 38.8 Å². The van der Waals surface area contributed by atoms with Crippen molar-refractivity contribution >= 4 is 0 Å². The fourth-order valence-corrected chi connectivity index (χ4v) is 3.22. The molecular formula is C17H29N3. The van der Waals surface area contributed by atoms with Crippen LogP contribution in [-0.2, 0) is 0 Å². The molecule has 0 bridgehead atoms. The average molecular weight is 275 g/mol. The first kappa shape index (κ1) is 15.5. The first-order valence-corrected chi connectivity index (χ1v) is 7.92. The highest BCUT2D eigenvalue weighted by Crippen LogP contribution is 2.22. The normalized spacial score (nSPS) is 21.1. The molecule has 0 amide bonds. The van der Waals surface area contributed by atoms with Crippen LogP contribution >= 0.6 is 0 Å². The first-order valence-electron chi connectivity index (χ1n) is 7.92. The van der Waals surface area contributed by atoms with Crippen LogP contribution < -0.4 is 5.73 Å². The molecule has 2 unspecified atom stereocenters. The van der Waals surface area contributed by atoms with Gasteiger partial charge in [0.05, 0.1) is 0 Å². The molecular weight excluding hydrogens is 246 g/mol. The summed E-state index contributed by atoms with van der Waals surface area (Å²) < 4.78 is 0. The summed E-state index contributed by atoms with van der Waals surface area (Å²) >= 11 is 0. The predicted octanol–water partition coefficient (Wildman–Crippen LogP) is 2.49. The van der Waals surface area contributed by atoms with Crippen molar-refractivity contribution in [3.63, 3.8) is 0 Å². The van der Waals surface area contributed by atoms with Gasteiger partial charge in [-0.15, -0.1) is 0 Å². The summed E-state index contributed by atoms with van der Waals surface area (Å²) in [6.45, 7) is 11.4. The van der Waals surface area contributed by atoms with Crippen molar-refractivity contribution in [3.8, 4) is 0 Å². The van der Waals surface area contributed by atoms with Crippen LogP contribution in [0.3, 0.4) is 0 Å². The van der Waals surface area contributed by atoms with Crippen molar-refractivity contribution in [2.24, 2.45) is 5.73 Å². The maximum atomic E-state index is 6.52. The lowest BCUT2D eigenvalue weighted by Gasteiger charge is -2.42. The highest BCUT2D eigenvalue weighted by atomic mass is 15.3. The van der Waals surface area contributed by atoms with Gasteiger partial charge < -0.3 is 5.73 Å². The summed E-state index contributed by atoms with van der Waals surface area (Å²) in [6.07, 6.45) is 1.11. The Labute approximate surface area is 123 Å². The van der Waals surface area contributed by atoms with Gasteiger partial charge in [-0.25, -0.2) is 0 Å². The zero-order valence-corrected chi connectivity index (χ0v) is 13.1. The number of hydrogen-bond acceptors (Lipinski definition) is 3. The van der Waals surface area contributed by atoms with Gasteiger partial charge in [-0.1, -0.05) is 37.3 Å². The van der Waals surface area contributed by atoms with Crippen molar-refractivity contribution in [1.29, 1.82) is 0 Å². The number of nitrogens with zero attached hydrogens (tertiary/aromatic N) is 2. The Morgan fingerprint density at radius 3 is 2.05 bits per heavy atom. The summed E-state index contributed by atoms with van der Waals surface area (Å²) in [7, 11) is 0. The fourth-order valence-electron chi connectivity index (χ4n) is 3.22. The first-order chi connectivity index (χ1) is 9.63. The van der Waals surface area contributed by atoms with Gasteiger partial charge in [-0.2, -0.15) is 0 Å². The molecule has 20 heavy (non-hydrogen) atoms. The van der Waals surface area contributed by atoms with E-state index in [1.54, 1.807) is 0 Å². The summed E-state index contributed by atoms with van der Waals surface area (Å²) in [5.74, 6) is 0. The molecule has 3 heteroatoms. The van der Waals surface area contributed by atoms with Gasteiger partial charge in [0.15, 0.2) is 0 Å². The standard InChI is InChI=1S/C17H29N3/c1-4-16(17(18)15-8-6-5-7-9-15)20-12-10-19(11-13-20)14(2)3/h5-9,14,16-17H,4,10-13,18H2,1-3H3. The van der Waals surface area contributed by atoms with Crippen molar-refractivity contribution < 1.29 is 0 Å². The summed E-state index contributed by atoms with van der Waals surface area (Å²) in [5, 5.41) is 0. The second-order valence-electron chi connectivity index (χ2n) is 6.08. The highest BCUT2D eigenvalue weighted by Gasteiger charge is 2.28. The molecule has 0 aromatic heterocycles. The third-order valence-electron chi connectivity index (χ3n) is 4.57. The van der Waals surface area contributed by atoms with E-state index in [1.165, 1.54) is 5.56 Å². The zero-order valence-electron chi connectivity index (χ0n) is 13.1. The van der Waals surface area contributed by atoms with E-state index in [2.05, 4.69) is 60.9 Å². The molecule has 1 aliphatic rings. The highest BCUT2D eigenvalue weighted by molar-refractivity contribution is 5.20. The number of hydrogen-bond donors (Lipinski definition) is 1. The smallest absolute Gasteiger partial charge is 0.0453 e. The SMILES string of the molecule is CCC(C(N)c1ccccc1)N1CCN(C(C)C)CC1. The molecule has 0 aliphatic carbocycles. The Balaban J connectivity index is 1.99. The third kappa shape index (κ3) is 3.60. The van der Waals surface area contributed by atoms with Crippen LogP contribution in [0.5, 0.6) is 0 Å². The summed E-state index contributed by atoms with van der Waals surface area (Å²) in [4.78, 5) is 5.13. The van der Waals surface area contributed by atoms with Crippen LogP contribution in [0.25, 0.3) is 0 Å². The minimum Gasteiger partial charge on any atom is -0.323 e. The van der Waals surface area contributed by atoms with E-state index in [4.69, 9.17) is 5.73 Å². The lowest BCUT2D eigenvalue weighted by Crippen LogP contribution is -2.54. The molecule has 2 rings (SSSR count). The van der Waals surface area contributed by atoms with Crippen molar-refractivity contribution in [2.45, 2.75) is 45.3 Å². The van der Waals surface area contributed by atoms with Gasteiger partial charge in [0.2, 0.25) is 0 Å². The Morgan fingerprint density at radius 1 is 1.00 bits per heavy atom. The van der Waals surface area contributed by atoms with Gasteiger partial charge in [0.1, 0.15) is 0 Å². The predicted molar refractivity (Wildman–Crippen MR) is 85.7 cm³/mol. The molecule has 1 aromatic carbocycles. The molecule has 2 atom stereocenters. The molecule has 1 fully saturated rings. The maximum absolute atomic E-state index is 6.52. The molecule has 3 nitrogen and oxygen atoms in total. The largest absolute Gasteiger partial charge is 0.323 e. The number of benzene rings is 1. The lowest BCUT2D eigenvalue weighted by molar-refractivity contribution is 0.0671. The van der Waals surface area contributed by atoms with Crippen molar-refractivity contribution in [1.82, 2.24) is 9.80 Å². The molecule has 1 aliphatic heterocycles. The van der Waals surface area contributed by atoms with E-state index >= 15 is 0 Å². The monoisotopic (exact) mass is 275 g/mol.